The summed E-state index contributed by atoms with van der Waals surface area (Å²) >= 11 is 0. The molecule has 0 aromatic carbocycles. The maximum Gasteiger partial charge on any atom is 0.139 e. The van der Waals surface area contributed by atoms with Crippen LogP contribution in [0.2, 0.25) is 0 Å². The van der Waals surface area contributed by atoms with Gasteiger partial charge in [0.15, 0.2) is 0 Å². The smallest absolute Gasteiger partial charge is 0.139 e. The van der Waals surface area contributed by atoms with Gasteiger partial charge in [-0.15, -0.1) is 0 Å². The first-order valence-corrected chi connectivity index (χ1v) is 9.27. The minimum absolute atomic E-state index is 0.0307. The van der Waals surface area contributed by atoms with Crippen molar-refractivity contribution >= 4 is 5.78 Å². The van der Waals surface area contributed by atoms with Crippen molar-refractivity contribution in [2.75, 3.05) is 0 Å². The first kappa shape index (κ1) is 14.3. The quantitative estimate of drug-likeness (QED) is 0.585. The van der Waals surface area contributed by atoms with Crippen LogP contribution in [-0.2, 0) is 4.79 Å². The third-order valence-electron chi connectivity index (χ3n) is 8.89. The molecule has 4 saturated carbocycles. The van der Waals surface area contributed by atoms with E-state index in [1.165, 1.54) is 51.4 Å². The number of hydrogen-bond donors (Lipinski definition) is 0. The third-order valence-corrected chi connectivity index (χ3v) is 8.89. The zero-order chi connectivity index (χ0) is 15.1. The van der Waals surface area contributed by atoms with E-state index in [4.69, 9.17) is 0 Å². The molecule has 0 aromatic rings. The number of hydrogen-bond acceptors (Lipinski definition) is 1. The molecular formula is C20H32O. The summed E-state index contributed by atoms with van der Waals surface area (Å²) < 4.78 is 0. The maximum absolute atomic E-state index is 12.6. The minimum atomic E-state index is 0.0307. The van der Waals surface area contributed by atoms with Crippen LogP contribution in [0.4, 0.5) is 0 Å². The summed E-state index contributed by atoms with van der Waals surface area (Å²) in [5, 5.41) is 0. The van der Waals surface area contributed by atoms with Gasteiger partial charge in [0.25, 0.3) is 0 Å². The predicted molar refractivity (Wildman–Crippen MR) is 86.0 cm³/mol. The largest absolute Gasteiger partial charge is 0.299 e. The molecule has 0 aliphatic heterocycles. The van der Waals surface area contributed by atoms with Gasteiger partial charge in [0.05, 0.1) is 0 Å². The van der Waals surface area contributed by atoms with Crippen LogP contribution in [0.15, 0.2) is 0 Å². The lowest BCUT2D eigenvalue weighted by Gasteiger charge is -2.66. The van der Waals surface area contributed by atoms with Crippen molar-refractivity contribution in [3.05, 3.63) is 0 Å². The predicted octanol–water partition coefficient (Wildman–Crippen LogP) is 5.38. The van der Waals surface area contributed by atoms with Crippen LogP contribution in [-0.4, -0.2) is 5.78 Å². The third kappa shape index (κ3) is 1.56. The molecule has 118 valence electrons. The Bertz CT molecular complexity index is 492. The van der Waals surface area contributed by atoms with Crippen LogP contribution in [0.25, 0.3) is 0 Å². The van der Waals surface area contributed by atoms with Crippen molar-refractivity contribution in [2.24, 2.45) is 33.5 Å². The van der Waals surface area contributed by atoms with Crippen LogP contribution < -0.4 is 0 Å². The molecule has 4 rings (SSSR count). The van der Waals surface area contributed by atoms with Crippen molar-refractivity contribution in [3.63, 3.8) is 0 Å². The number of ketones is 1. The fourth-order valence-electron chi connectivity index (χ4n) is 7.75. The lowest BCUT2D eigenvalue weighted by Crippen LogP contribution is -2.59. The zero-order valence-electron chi connectivity index (χ0n) is 14.4. The van der Waals surface area contributed by atoms with Crippen LogP contribution in [0.3, 0.4) is 0 Å². The van der Waals surface area contributed by atoms with Crippen molar-refractivity contribution in [1.82, 2.24) is 0 Å². The number of fused-ring (bicyclic) bond motifs is 2. The molecule has 4 aliphatic rings. The topological polar surface area (TPSA) is 17.1 Å². The first-order valence-electron chi connectivity index (χ1n) is 9.27. The van der Waals surface area contributed by atoms with Crippen LogP contribution in [0, 0.1) is 33.5 Å². The second-order valence-electron chi connectivity index (χ2n) is 10.1. The molecule has 2 bridgehead atoms. The van der Waals surface area contributed by atoms with Gasteiger partial charge < -0.3 is 0 Å². The Hall–Kier alpha value is -0.330. The van der Waals surface area contributed by atoms with E-state index in [1.54, 1.807) is 0 Å². The van der Waals surface area contributed by atoms with E-state index in [0.717, 1.165) is 12.3 Å². The van der Waals surface area contributed by atoms with E-state index in [2.05, 4.69) is 27.7 Å². The molecule has 1 unspecified atom stereocenters. The van der Waals surface area contributed by atoms with Gasteiger partial charge in [0.1, 0.15) is 5.78 Å². The molecule has 0 saturated heterocycles. The highest BCUT2D eigenvalue weighted by Gasteiger charge is 2.68. The molecule has 1 heteroatoms. The number of rotatable bonds is 0. The van der Waals surface area contributed by atoms with Gasteiger partial charge >= 0.3 is 0 Å². The van der Waals surface area contributed by atoms with Gasteiger partial charge in [-0.3, -0.25) is 4.79 Å². The van der Waals surface area contributed by atoms with Crippen molar-refractivity contribution < 1.29 is 4.79 Å². The first-order chi connectivity index (χ1) is 9.74. The Morgan fingerprint density at radius 2 is 1.71 bits per heavy atom. The second-order valence-corrected chi connectivity index (χ2v) is 10.1. The van der Waals surface area contributed by atoms with Crippen LogP contribution in [0.5, 0.6) is 0 Å². The van der Waals surface area contributed by atoms with Gasteiger partial charge in [-0.25, -0.2) is 0 Å². The van der Waals surface area contributed by atoms with Crippen LogP contribution >= 0.6 is 0 Å². The minimum Gasteiger partial charge on any atom is -0.299 e. The SMILES string of the molecule is CC12CC[C@]3(C1)[C@@H](CC[C@H]1C(C)(C)CCC[C@@]13C)CC2=O. The van der Waals surface area contributed by atoms with Gasteiger partial charge in [-0.2, -0.15) is 0 Å². The summed E-state index contributed by atoms with van der Waals surface area (Å²) in [4.78, 5) is 12.6. The van der Waals surface area contributed by atoms with E-state index in [9.17, 15) is 4.79 Å². The summed E-state index contributed by atoms with van der Waals surface area (Å²) in [6.45, 7) is 9.95. The zero-order valence-corrected chi connectivity index (χ0v) is 14.4. The standard InChI is InChI=1S/C20H32O/c1-17(2)8-5-9-19(4)15(17)7-6-14-12-16(21)18(3)10-11-20(14,19)13-18/h14-15H,5-13H2,1-4H3/t14-,15-,18?,19-,20-/m0/s1. The highest BCUT2D eigenvalue weighted by Crippen LogP contribution is 2.75. The molecule has 4 aliphatic carbocycles. The summed E-state index contributed by atoms with van der Waals surface area (Å²) in [5.74, 6) is 2.18. The van der Waals surface area contributed by atoms with Gasteiger partial charge in [0, 0.05) is 11.8 Å². The van der Waals surface area contributed by atoms with Crippen molar-refractivity contribution in [2.45, 2.75) is 85.5 Å². The number of Topliss-reactive ketones (excluding diaryl/α,β-unsaturated/α-hetero) is 1. The average Bonchev–Trinajstić information content (AvgIpc) is 2.70. The van der Waals surface area contributed by atoms with Crippen molar-refractivity contribution in [1.29, 1.82) is 0 Å². The molecule has 1 nitrogen and oxygen atoms in total. The number of carbonyl (C=O) groups excluding carboxylic acids is 1. The summed E-state index contributed by atoms with van der Waals surface area (Å²) in [6.07, 6.45) is 11.6. The Balaban J connectivity index is 1.81. The highest BCUT2D eigenvalue weighted by molar-refractivity contribution is 5.86. The van der Waals surface area contributed by atoms with Crippen molar-refractivity contribution in [3.8, 4) is 0 Å². The molecular weight excluding hydrogens is 256 g/mol. The van der Waals surface area contributed by atoms with Crippen LogP contribution in [0.1, 0.15) is 85.5 Å². The Morgan fingerprint density at radius 1 is 0.952 bits per heavy atom. The fraction of sp³-hybridized carbons (Fsp3) is 0.950. The molecule has 0 N–H and O–H groups in total. The van der Waals surface area contributed by atoms with Gasteiger partial charge in [-0.05, 0) is 73.0 Å². The summed E-state index contributed by atoms with van der Waals surface area (Å²) in [6, 6.07) is 0. The van der Waals surface area contributed by atoms with E-state index in [-0.39, 0.29) is 5.41 Å². The van der Waals surface area contributed by atoms with E-state index < -0.39 is 0 Å². The number of carbonyl (C=O) groups is 1. The maximum atomic E-state index is 12.6. The van der Waals surface area contributed by atoms with Gasteiger partial charge in [0.2, 0.25) is 0 Å². The molecule has 4 fully saturated rings. The lowest BCUT2D eigenvalue weighted by atomic mass is 9.38. The van der Waals surface area contributed by atoms with Gasteiger partial charge in [-0.1, -0.05) is 34.1 Å². The molecule has 5 atom stereocenters. The Morgan fingerprint density at radius 3 is 2.48 bits per heavy atom. The fourth-order valence-corrected chi connectivity index (χ4v) is 7.75. The summed E-state index contributed by atoms with van der Waals surface area (Å²) in [5.41, 5.74) is 1.53. The Labute approximate surface area is 130 Å². The molecule has 0 radical (unpaired) electrons. The normalized spacial score (nSPS) is 55.0. The molecule has 0 aromatic heterocycles. The lowest BCUT2D eigenvalue weighted by molar-refractivity contribution is -0.177. The molecule has 0 heterocycles. The van der Waals surface area contributed by atoms with E-state index in [1.807, 2.05) is 0 Å². The average molecular weight is 288 g/mol. The monoisotopic (exact) mass is 288 g/mol. The second kappa shape index (κ2) is 3.95. The molecule has 1 spiro atoms. The van der Waals surface area contributed by atoms with E-state index >= 15 is 0 Å². The molecule has 21 heavy (non-hydrogen) atoms. The summed E-state index contributed by atoms with van der Waals surface area (Å²) in [7, 11) is 0. The van der Waals surface area contributed by atoms with E-state index in [0.29, 0.717) is 27.9 Å². The highest BCUT2D eigenvalue weighted by atomic mass is 16.1. The molecule has 0 amide bonds. The Kier molecular flexibility index (Phi) is 2.68.